The maximum absolute atomic E-state index is 11.9. The number of anilines is 1. The van der Waals surface area contributed by atoms with E-state index in [1.807, 2.05) is 26.0 Å². The molecule has 0 spiro atoms. The van der Waals surface area contributed by atoms with Crippen molar-refractivity contribution < 1.29 is 23.6 Å². The molecule has 3 aromatic rings. The van der Waals surface area contributed by atoms with Crippen LogP contribution >= 0.6 is 23.1 Å². The van der Waals surface area contributed by atoms with E-state index in [9.17, 15) is 9.59 Å². The van der Waals surface area contributed by atoms with Crippen molar-refractivity contribution in [1.29, 1.82) is 0 Å². The van der Waals surface area contributed by atoms with Crippen LogP contribution in [0.25, 0.3) is 16.3 Å². The monoisotopic (exact) mass is 537 g/mol. The van der Waals surface area contributed by atoms with E-state index < -0.39 is 0 Å². The number of thioether (sulfide) groups is 1. The number of benzene rings is 2. The molecule has 0 amide bonds. The third-order valence-corrected chi connectivity index (χ3v) is 8.23. The normalized spacial score (nSPS) is 14.1. The van der Waals surface area contributed by atoms with E-state index >= 15 is 0 Å². The molecule has 0 saturated heterocycles. The average molecular weight is 538 g/mol. The highest BCUT2D eigenvalue weighted by Crippen LogP contribution is 2.46. The van der Waals surface area contributed by atoms with Crippen LogP contribution in [-0.4, -0.2) is 31.7 Å². The predicted octanol–water partition coefficient (Wildman–Crippen LogP) is 5.91. The van der Waals surface area contributed by atoms with Crippen molar-refractivity contribution in [2.75, 3.05) is 24.7 Å². The van der Waals surface area contributed by atoms with Crippen LogP contribution in [0.3, 0.4) is 0 Å². The molecule has 0 saturated carbocycles. The molecule has 8 heteroatoms. The largest absolute Gasteiger partial charge is 0.466 e. The fraction of sp³-hybridized carbons (Fsp3) is 0.345. The Morgan fingerprint density at radius 1 is 0.946 bits per heavy atom. The number of ether oxygens (including phenoxy) is 2. The van der Waals surface area contributed by atoms with Gasteiger partial charge >= 0.3 is 11.9 Å². The lowest BCUT2D eigenvalue weighted by Gasteiger charge is -2.17. The standard InChI is InChI=1S/C29H33N2O4S2/c1-5-30-22-14-12-20(18-28(32)34-7-3)16-24(22)36-26(30)10-9-11-27-31(6-2)23-15-13-21(17-25(23)37-27)19-29(33)35-8-4/h9-17H,5-8,18-19H2,1-4H3/q+1. The fourth-order valence-corrected chi connectivity index (χ4v) is 6.80. The Hall–Kier alpha value is -3.10. The molecule has 0 aliphatic carbocycles. The van der Waals surface area contributed by atoms with E-state index in [4.69, 9.17) is 9.47 Å². The molecule has 2 heterocycles. The summed E-state index contributed by atoms with van der Waals surface area (Å²) in [4.78, 5) is 27.2. The molecule has 0 bridgehead atoms. The highest BCUT2D eigenvalue weighted by molar-refractivity contribution is 8.03. The quantitative estimate of drug-likeness (QED) is 0.237. The number of hydrogen-bond acceptors (Lipinski definition) is 7. The zero-order valence-corrected chi connectivity index (χ0v) is 23.4. The summed E-state index contributed by atoms with van der Waals surface area (Å²) in [5.41, 5.74) is 4.27. The second-order valence-corrected chi connectivity index (χ2v) is 10.6. The van der Waals surface area contributed by atoms with E-state index in [1.54, 1.807) is 23.1 Å². The van der Waals surface area contributed by atoms with Gasteiger partial charge in [0.05, 0.1) is 36.8 Å². The third-order valence-electron chi connectivity index (χ3n) is 6.01. The Bertz CT molecular complexity index is 1360. The van der Waals surface area contributed by atoms with Gasteiger partial charge in [0.25, 0.3) is 5.01 Å². The Kier molecular flexibility index (Phi) is 9.05. The van der Waals surface area contributed by atoms with Crippen molar-refractivity contribution in [1.82, 2.24) is 0 Å². The lowest BCUT2D eigenvalue weighted by atomic mass is 10.1. The lowest BCUT2D eigenvalue weighted by Crippen LogP contribution is -2.33. The second-order valence-electron chi connectivity index (χ2n) is 8.46. The minimum absolute atomic E-state index is 0.197. The Balaban J connectivity index is 1.54. The summed E-state index contributed by atoms with van der Waals surface area (Å²) in [7, 11) is 0. The number of allylic oxidation sites excluding steroid dienone is 2. The van der Waals surface area contributed by atoms with Crippen LogP contribution in [-0.2, 0) is 38.4 Å². The van der Waals surface area contributed by atoms with Gasteiger partial charge in [0, 0.05) is 23.6 Å². The molecule has 0 fully saturated rings. The summed E-state index contributed by atoms with van der Waals surface area (Å²) in [6, 6.07) is 12.4. The minimum atomic E-state index is -0.197. The molecule has 37 heavy (non-hydrogen) atoms. The van der Waals surface area contributed by atoms with Gasteiger partial charge in [-0.15, -0.1) is 0 Å². The van der Waals surface area contributed by atoms with Gasteiger partial charge in [-0.05, 0) is 63.1 Å². The van der Waals surface area contributed by atoms with Gasteiger partial charge in [-0.1, -0.05) is 41.3 Å². The summed E-state index contributed by atoms with van der Waals surface area (Å²) in [5.74, 6) is -0.394. The predicted molar refractivity (Wildman–Crippen MR) is 151 cm³/mol. The first-order chi connectivity index (χ1) is 18.0. The zero-order chi connectivity index (χ0) is 26.4. The molecule has 2 aromatic carbocycles. The van der Waals surface area contributed by atoms with Gasteiger partial charge in [0.15, 0.2) is 0 Å². The maximum atomic E-state index is 11.9. The summed E-state index contributed by atoms with van der Waals surface area (Å²) in [6.07, 6.45) is 6.98. The van der Waals surface area contributed by atoms with E-state index in [1.165, 1.54) is 11.2 Å². The molecule has 0 N–H and O–H groups in total. The molecule has 1 aliphatic rings. The van der Waals surface area contributed by atoms with Crippen LogP contribution < -0.4 is 9.47 Å². The van der Waals surface area contributed by atoms with Crippen LogP contribution in [0.5, 0.6) is 0 Å². The topological polar surface area (TPSA) is 59.7 Å². The van der Waals surface area contributed by atoms with Crippen LogP contribution in [0.4, 0.5) is 5.69 Å². The number of nitrogens with zero attached hydrogens (tertiary/aromatic N) is 2. The van der Waals surface area contributed by atoms with Gasteiger partial charge in [-0.25, -0.2) is 0 Å². The number of hydrogen-bond donors (Lipinski definition) is 0. The van der Waals surface area contributed by atoms with Crippen LogP contribution in [0, 0.1) is 0 Å². The van der Waals surface area contributed by atoms with Crippen LogP contribution in [0.2, 0.25) is 0 Å². The van der Waals surface area contributed by atoms with Crippen molar-refractivity contribution in [3.05, 3.63) is 69.7 Å². The molecule has 0 radical (unpaired) electrons. The molecule has 6 nitrogen and oxygen atoms in total. The number of carbonyl (C=O) groups is 2. The van der Waals surface area contributed by atoms with E-state index in [2.05, 4.69) is 65.8 Å². The molecule has 194 valence electrons. The first-order valence-corrected chi connectivity index (χ1v) is 14.3. The first-order valence-electron chi connectivity index (χ1n) is 12.7. The molecular formula is C29H33N2O4S2+. The van der Waals surface area contributed by atoms with Gasteiger partial charge in [-0.2, -0.15) is 4.57 Å². The van der Waals surface area contributed by atoms with Gasteiger partial charge in [0.1, 0.15) is 11.2 Å². The van der Waals surface area contributed by atoms with Crippen molar-refractivity contribution in [3.63, 3.8) is 0 Å². The van der Waals surface area contributed by atoms with E-state index in [0.29, 0.717) is 13.2 Å². The van der Waals surface area contributed by atoms with Crippen LogP contribution in [0.1, 0.15) is 43.8 Å². The summed E-state index contributed by atoms with van der Waals surface area (Å²) < 4.78 is 13.6. The van der Waals surface area contributed by atoms with Gasteiger partial charge in [-0.3, -0.25) is 9.59 Å². The molecule has 1 aromatic heterocycles. The number of fused-ring (bicyclic) bond motifs is 2. The highest BCUT2D eigenvalue weighted by atomic mass is 32.2. The molecule has 0 atom stereocenters. The number of aryl methyl sites for hydroxylation is 1. The van der Waals surface area contributed by atoms with Crippen molar-refractivity contribution in [3.8, 4) is 0 Å². The lowest BCUT2D eigenvalue weighted by molar-refractivity contribution is -0.665. The summed E-state index contributed by atoms with van der Waals surface area (Å²) >= 11 is 3.44. The third kappa shape index (κ3) is 6.25. The van der Waals surface area contributed by atoms with Crippen LogP contribution in [0.15, 0.2) is 58.5 Å². The smallest absolute Gasteiger partial charge is 0.310 e. The molecule has 1 aliphatic heterocycles. The zero-order valence-electron chi connectivity index (χ0n) is 21.8. The number of aromatic nitrogens is 1. The SMILES string of the molecule is CCOC(=O)Cc1ccc2c(c1)SC(=CC=Cc1sc3cc(CC(=O)OCC)ccc3[n+]1CC)N2CC. The minimum Gasteiger partial charge on any atom is -0.466 e. The van der Waals surface area contributed by atoms with Crippen molar-refractivity contribution >= 4 is 57.0 Å². The van der Waals surface area contributed by atoms with Gasteiger partial charge in [0.2, 0.25) is 5.52 Å². The molecule has 4 rings (SSSR count). The summed E-state index contributed by atoms with van der Waals surface area (Å²) in [6.45, 7) is 10.4. The number of carbonyl (C=O) groups excluding carboxylic acids is 2. The highest BCUT2D eigenvalue weighted by Gasteiger charge is 2.24. The molecule has 0 unspecified atom stereocenters. The summed E-state index contributed by atoms with van der Waals surface area (Å²) in [5, 5.41) is 2.31. The van der Waals surface area contributed by atoms with E-state index in [0.717, 1.165) is 43.8 Å². The Morgan fingerprint density at radius 2 is 1.62 bits per heavy atom. The maximum Gasteiger partial charge on any atom is 0.310 e. The van der Waals surface area contributed by atoms with Crippen molar-refractivity contribution in [2.24, 2.45) is 0 Å². The average Bonchev–Trinajstić information content (AvgIpc) is 3.40. The Morgan fingerprint density at radius 3 is 2.27 bits per heavy atom. The fourth-order valence-electron chi connectivity index (χ4n) is 4.39. The Labute approximate surface area is 226 Å². The van der Waals surface area contributed by atoms with Crippen molar-refractivity contribution in [2.45, 2.75) is 52.0 Å². The second kappa shape index (κ2) is 12.4. The van der Waals surface area contributed by atoms with Gasteiger partial charge < -0.3 is 14.4 Å². The van der Waals surface area contributed by atoms with E-state index in [-0.39, 0.29) is 24.8 Å². The number of rotatable bonds is 10. The number of esters is 2. The number of thiazole rings is 1. The molecular weight excluding hydrogens is 504 g/mol. The first kappa shape index (κ1) is 26.9.